The van der Waals surface area contributed by atoms with Crippen molar-refractivity contribution in [1.82, 2.24) is 0 Å². The van der Waals surface area contributed by atoms with Gasteiger partial charge in [-0.3, -0.25) is 0 Å². The molecule has 0 aromatic carbocycles. The van der Waals surface area contributed by atoms with E-state index in [2.05, 4.69) is 92.5 Å². The maximum absolute atomic E-state index is 4.94. The number of hydrogen-bond donors (Lipinski definition) is 0. The minimum Gasteiger partial charge on any atom is -0.672 e. The Kier molecular flexibility index (Phi) is 41.3. The molecule has 0 bridgehead atoms. The Bertz CT molecular complexity index is 262. The predicted molar refractivity (Wildman–Crippen MR) is 163 cm³/mol. The average molecular weight is 714 g/mol. The van der Waals surface area contributed by atoms with Gasteiger partial charge in [-0.05, 0) is 25.7 Å². The molecule has 0 amide bonds. The molecule has 2 saturated heterocycles. The number of ether oxygens (including phenoxy) is 2. The second-order valence-electron chi connectivity index (χ2n) is 9.65. The van der Waals surface area contributed by atoms with E-state index in [1.54, 1.807) is 0 Å². The van der Waals surface area contributed by atoms with Gasteiger partial charge < -0.3 is 23.4 Å². The molecule has 2 aliphatic rings. The fraction of sp³-hybridized carbons (Fsp3) is 1.00. The van der Waals surface area contributed by atoms with Gasteiger partial charge in [0.2, 0.25) is 0 Å². The van der Waals surface area contributed by atoms with Crippen molar-refractivity contribution in [3.63, 3.8) is 0 Å². The van der Waals surface area contributed by atoms with Crippen LogP contribution in [-0.4, -0.2) is 80.2 Å². The van der Waals surface area contributed by atoms with E-state index in [0.29, 0.717) is 0 Å². The molecule has 12 heteroatoms. The van der Waals surface area contributed by atoms with Gasteiger partial charge in [0.15, 0.2) is 0 Å². The van der Waals surface area contributed by atoms with E-state index in [1.807, 2.05) is 0 Å². The molecule has 0 aromatic rings. The summed E-state index contributed by atoms with van der Waals surface area (Å²) in [6.45, 7) is 31.2. The summed E-state index contributed by atoms with van der Waals surface area (Å²) in [5.41, 5.74) is 0. The molecule has 0 atom stereocenters. The van der Waals surface area contributed by atoms with E-state index in [-0.39, 0.29) is 46.9 Å². The van der Waals surface area contributed by atoms with E-state index >= 15 is 0 Å². The molecule has 0 saturated carbocycles. The average Bonchev–Trinajstić information content (AvgIpc) is 3.32. The molecule has 2 fully saturated rings. The summed E-state index contributed by atoms with van der Waals surface area (Å²) >= 11 is 0. The van der Waals surface area contributed by atoms with Crippen molar-refractivity contribution < 1.29 is 56.4 Å². The van der Waals surface area contributed by atoms with Gasteiger partial charge in [0.25, 0.3) is 0 Å². The van der Waals surface area contributed by atoms with Crippen LogP contribution >= 0.6 is 0 Å². The summed E-state index contributed by atoms with van der Waals surface area (Å²) < 4.78 is 23.6. The molecule has 5 nitrogen and oxygen atoms in total. The third-order valence-electron chi connectivity index (χ3n) is 3.44. The Morgan fingerprint density at radius 3 is 0.562 bits per heavy atom. The van der Waals surface area contributed by atoms with E-state index < -0.39 is 53.7 Å². The molecule has 0 spiro atoms. The summed E-state index contributed by atoms with van der Waals surface area (Å²) in [6, 6.07) is 0. The Morgan fingerprint density at radius 1 is 0.375 bits per heavy atom. The Labute approximate surface area is 252 Å². The molecule has 2 heterocycles. The van der Waals surface area contributed by atoms with Gasteiger partial charge in [0.1, 0.15) is 0 Å². The minimum atomic E-state index is -0.542. The zero-order chi connectivity index (χ0) is 24.7. The van der Waals surface area contributed by atoms with Crippen LogP contribution in [0.15, 0.2) is 0 Å². The molecule has 0 N–H and O–H groups in total. The Balaban J connectivity index is -0.000000153. The second-order valence-corrected chi connectivity index (χ2v) is 26.4. The maximum Gasteiger partial charge on any atom is 3.00 e. The third-order valence-corrected chi connectivity index (χ3v) is 17.8. The number of nitrogens with zero attached hydrogens (tertiary/aromatic N) is 3. The van der Waals surface area contributed by atoms with Crippen LogP contribution in [0, 0.1) is 46.9 Å². The molecule has 0 unspecified atom stereocenters. The van der Waals surface area contributed by atoms with Crippen molar-refractivity contribution in [1.29, 1.82) is 0 Å². The van der Waals surface area contributed by atoms with E-state index in [1.165, 1.54) is 25.7 Å². The standard InChI is InChI=1S/3C4H14NSi2.2C4H8O.Yb/c3*1-6(2)5-7(3)4;2*1-2-4-5-3-1;/h3*6-7H,1-4H3;2*1-4H2;/q3*-1;;;+3. The predicted octanol–water partition coefficient (Wildman–Crippen LogP) is 5.57. The third kappa shape index (κ3) is 53.8. The minimum absolute atomic E-state index is 0. The topological polar surface area (TPSA) is 60.8 Å². The quantitative estimate of drug-likeness (QED) is 0.338. The molecule has 2 rings (SSSR count). The maximum atomic E-state index is 4.94. The summed E-state index contributed by atoms with van der Waals surface area (Å²) in [5.74, 6) is 0. The van der Waals surface area contributed by atoms with Crippen LogP contribution in [0.25, 0.3) is 13.9 Å². The summed E-state index contributed by atoms with van der Waals surface area (Å²) in [5, 5.41) is 0. The zero-order valence-corrected chi connectivity index (χ0v) is 32.2. The van der Waals surface area contributed by atoms with Crippen molar-refractivity contribution in [2.75, 3.05) is 26.4 Å². The monoisotopic (exact) mass is 714 g/mol. The van der Waals surface area contributed by atoms with Crippen LogP contribution in [0.4, 0.5) is 0 Å². The van der Waals surface area contributed by atoms with Crippen LogP contribution in [0.3, 0.4) is 0 Å². The van der Waals surface area contributed by atoms with Crippen LogP contribution in [0.5, 0.6) is 0 Å². The van der Waals surface area contributed by atoms with Gasteiger partial charge >= 0.3 is 46.9 Å². The van der Waals surface area contributed by atoms with Crippen LogP contribution in [0.1, 0.15) is 25.7 Å². The first-order valence-electron chi connectivity index (χ1n) is 12.6. The van der Waals surface area contributed by atoms with E-state index in [0.717, 1.165) is 26.4 Å². The van der Waals surface area contributed by atoms with Crippen molar-refractivity contribution in [3.8, 4) is 0 Å². The summed E-state index contributed by atoms with van der Waals surface area (Å²) in [4.78, 5) is 0. The Hall–Kier alpha value is 2.62. The fourth-order valence-corrected chi connectivity index (χ4v) is 17.1. The van der Waals surface area contributed by atoms with Crippen molar-refractivity contribution >= 4 is 53.7 Å². The van der Waals surface area contributed by atoms with Gasteiger partial charge in [0, 0.05) is 26.4 Å². The second kappa shape index (κ2) is 31.7. The van der Waals surface area contributed by atoms with Crippen molar-refractivity contribution in [3.05, 3.63) is 13.9 Å². The first-order chi connectivity index (χ1) is 14.4. The number of hydrogen-bond acceptors (Lipinski definition) is 2. The van der Waals surface area contributed by atoms with E-state index in [4.69, 9.17) is 9.47 Å². The molecule has 0 aromatic heterocycles. The Morgan fingerprint density at radius 2 is 0.531 bits per heavy atom. The van der Waals surface area contributed by atoms with Gasteiger partial charge in [-0.25, -0.2) is 0 Å². The van der Waals surface area contributed by atoms with Crippen molar-refractivity contribution in [2.45, 2.75) is 104 Å². The normalized spacial score (nSPS) is 14.8. The first-order valence-corrected chi connectivity index (χ1v) is 29.6. The fourth-order valence-electron chi connectivity index (χ4n) is 2.81. The van der Waals surface area contributed by atoms with Gasteiger partial charge in [-0.15, -0.1) is 0 Å². The summed E-state index contributed by atoms with van der Waals surface area (Å²) in [6.07, 6.45) is 5.11. The van der Waals surface area contributed by atoms with E-state index in [9.17, 15) is 0 Å². The zero-order valence-electron chi connectivity index (χ0n) is 23.5. The molecular weight excluding hydrogens is 656 g/mol. The molecule has 0 aliphatic carbocycles. The van der Waals surface area contributed by atoms with Gasteiger partial charge in [-0.2, -0.15) is 0 Å². The van der Waals surface area contributed by atoms with Gasteiger partial charge in [0.05, 0.1) is 0 Å². The largest absolute Gasteiger partial charge is 3.00 e. The van der Waals surface area contributed by atoms with Crippen LogP contribution in [-0.2, 0) is 9.47 Å². The molecule has 203 valence electrons. The van der Waals surface area contributed by atoms with Crippen LogP contribution < -0.4 is 0 Å². The molecular formula is C20H58N3O2Si6Yb. The molecule has 1 radical (unpaired) electrons. The number of rotatable bonds is 6. The smallest absolute Gasteiger partial charge is 0.672 e. The van der Waals surface area contributed by atoms with Gasteiger partial charge in [-0.1, -0.05) is 132 Å². The SMILES string of the molecule is C1CCOC1.C1CCOC1.C[SiH](C)[N-][SiH](C)C.C[SiH](C)[N-][SiH](C)C.C[SiH](C)[N-][SiH](C)C.[Yb+3]. The van der Waals surface area contributed by atoms with Crippen LogP contribution in [0.2, 0.25) is 78.6 Å². The first kappa shape index (κ1) is 41.7. The summed E-state index contributed by atoms with van der Waals surface area (Å²) in [7, 11) is -3.25. The van der Waals surface area contributed by atoms with Crippen molar-refractivity contribution in [2.24, 2.45) is 0 Å². The molecule has 2 aliphatic heterocycles. The molecule has 32 heavy (non-hydrogen) atoms.